The predicted molar refractivity (Wildman–Crippen MR) is 98.1 cm³/mol. The maximum absolute atomic E-state index is 12.2. The molecule has 1 aliphatic rings. The van der Waals surface area contributed by atoms with Gasteiger partial charge in [0.2, 0.25) is 0 Å². The van der Waals surface area contributed by atoms with Gasteiger partial charge in [0.1, 0.15) is 0 Å². The van der Waals surface area contributed by atoms with Gasteiger partial charge in [-0.05, 0) is 55.2 Å². The molecule has 0 bridgehead atoms. The van der Waals surface area contributed by atoms with Crippen LogP contribution in [0.4, 0.5) is 17.1 Å². The fourth-order valence-corrected chi connectivity index (χ4v) is 2.96. The number of carbonyl (C=O) groups is 1. The van der Waals surface area contributed by atoms with Gasteiger partial charge in [-0.25, -0.2) is 0 Å². The van der Waals surface area contributed by atoms with Gasteiger partial charge in [-0.2, -0.15) is 0 Å². The first-order valence-corrected chi connectivity index (χ1v) is 8.44. The summed E-state index contributed by atoms with van der Waals surface area (Å²) < 4.78 is 0. The second-order valence-electron chi connectivity index (χ2n) is 6.47. The standard InChI is InChI=1S/C19H21N3O3/c1-14-10-12-21(13-11-14)17-8-4-16(5-9-17)20-19(23)15-2-6-18(7-3-15)22(24)25/h2-9,14H,10-13H2,1H3,(H,20,23). The Kier molecular flexibility index (Phi) is 4.97. The van der Waals surface area contributed by atoms with Gasteiger partial charge < -0.3 is 10.2 Å². The fourth-order valence-electron chi connectivity index (χ4n) is 2.96. The number of nitrogens with one attached hydrogen (secondary N) is 1. The van der Waals surface area contributed by atoms with Crippen LogP contribution in [-0.2, 0) is 0 Å². The number of benzene rings is 2. The molecule has 25 heavy (non-hydrogen) atoms. The number of rotatable bonds is 4. The number of amides is 1. The van der Waals surface area contributed by atoms with Gasteiger partial charge in [0.15, 0.2) is 0 Å². The highest BCUT2D eigenvalue weighted by molar-refractivity contribution is 6.04. The maximum atomic E-state index is 12.2. The number of nitro groups is 1. The van der Waals surface area contributed by atoms with Gasteiger partial charge in [0, 0.05) is 42.2 Å². The summed E-state index contributed by atoms with van der Waals surface area (Å²) in [5.74, 6) is 0.506. The van der Waals surface area contributed by atoms with E-state index in [0.29, 0.717) is 11.3 Å². The highest BCUT2D eigenvalue weighted by atomic mass is 16.6. The van der Waals surface area contributed by atoms with E-state index >= 15 is 0 Å². The minimum atomic E-state index is -0.484. The van der Waals surface area contributed by atoms with E-state index in [1.807, 2.05) is 24.3 Å². The first-order chi connectivity index (χ1) is 12.0. The van der Waals surface area contributed by atoms with E-state index in [4.69, 9.17) is 0 Å². The molecule has 130 valence electrons. The zero-order valence-corrected chi connectivity index (χ0v) is 14.1. The SMILES string of the molecule is CC1CCN(c2ccc(NC(=O)c3ccc([N+](=O)[O-])cc3)cc2)CC1. The normalized spacial score (nSPS) is 15.0. The Morgan fingerprint density at radius 2 is 1.68 bits per heavy atom. The average Bonchev–Trinajstić information content (AvgIpc) is 2.63. The third-order valence-electron chi connectivity index (χ3n) is 4.61. The van der Waals surface area contributed by atoms with Gasteiger partial charge in [0.05, 0.1) is 4.92 Å². The van der Waals surface area contributed by atoms with E-state index < -0.39 is 4.92 Å². The molecule has 0 atom stereocenters. The Hall–Kier alpha value is -2.89. The van der Waals surface area contributed by atoms with Crippen molar-refractivity contribution in [2.24, 2.45) is 5.92 Å². The highest BCUT2D eigenvalue weighted by Crippen LogP contribution is 2.24. The molecular weight excluding hydrogens is 318 g/mol. The molecule has 2 aromatic carbocycles. The zero-order valence-electron chi connectivity index (χ0n) is 14.1. The summed E-state index contributed by atoms with van der Waals surface area (Å²) in [4.78, 5) is 24.8. The molecule has 0 saturated carbocycles. The van der Waals surface area contributed by atoms with Crippen LogP contribution < -0.4 is 10.2 Å². The Morgan fingerprint density at radius 1 is 1.08 bits per heavy atom. The topological polar surface area (TPSA) is 75.5 Å². The van der Waals surface area contributed by atoms with Crippen LogP contribution in [0.1, 0.15) is 30.1 Å². The second kappa shape index (κ2) is 7.34. The van der Waals surface area contributed by atoms with Crippen molar-refractivity contribution >= 4 is 23.0 Å². The van der Waals surface area contributed by atoms with Crippen LogP contribution in [0.2, 0.25) is 0 Å². The van der Waals surface area contributed by atoms with Crippen molar-refractivity contribution in [1.82, 2.24) is 0 Å². The quantitative estimate of drug-likeness (QED) is 0.672. The largest absolute Gasteiger partial charge is 0.372 e. The van der Waals surface area contributed by atoms with E-state index in [0.717, 1.165) is 19.0 Å². The molecule has 0 spiro atoms. The number of hydrogen-bond acceptors (Lipinski definition) is 4. The number of non-ortho nitro benzene ring substituents is 1. The van der Waals surface area contributed by atoms with Crippen molar-refractivity contribution in [3.8, 4) is 0 Å². The first kappa shape index (κ1) is 17.0. The molecule has 0 aromatic heterocycles. The Balaban J connectivity index is 1.62. The van der Waals surface area contributed by atoms with Crippen LogP contribution in [0.5, 0.6) is 0 Å². The Bertz CT molecular complexity index is 748. The minimum absolute atomic E-state index is 0.0308. The number of piperidine rings is 1. The summed E-state index contributed by atoms with van der Waals surface area (Å²) in [5, 5.41) is 13.5. The van der Waals surface area contributed by atoms with Crippen LogP contribution in [0, 0.1) is 16.0 Å². The predicted octanol–water partition coefficient (Wildman–Crippen LogP) is 4.08. The summed E-state index contributed by atoms with van der Waals surface area (Å²) in [6, 6.07) is 13.4. The molecule has 1 fully saturated rings. The van der Waals surface area contributed by atoms with Crippen LogP contribution in [0.3, 0.4) is 0 Å². The molecule has 6 heteroatoms. The third-order valence-corrected chi connectivity index (χ3v) is 4.61. The van der Waals surface area contributed by atoms with Crippen molar-refractivity contribution in [1.29, 1.82) is 0 Å². The Labute approximate surface area is 146 Å². The van der Waals surface area contributed by atoms with Crippen molar-refractivity contribution in [2.45, 2.75) is 19.8 Å². The number of hydrogen-bond donors (Lipinski definition) is 1. The molecule has 0 radical (unpaired) electrons. The van der Waals surface area contributed by atoms with Crippen molar-refractivity contribution < 1.29 is 9.72 Å². The second-order valence-corrected chi connectivity index (χ2v) is 6.47. The molecule has 1 heterocycles. The van der Waals surface area contributed by atoms with Gasteiger partial charge in [-0.15, -0.1) is 0 Å². The lowest BCUT2D eigenvalue weighted by Crippen LogP contribution is -2.32. The summed E-state index contributed by atoms with van der Waals surface area (Å²) in [5.41, 5.74) is 2.23. The van der Waals surface area contributed by atoms with E-state index in [2.05, 4.69) is 17.1 Å². The highest BCUT2D eigenvalue weighted by Gasteiger charge is 2.16. The molecule has 1 aliphatic heterocycles. The number of carbonyl (C=O) groups excluding carboxylic acids is 1. The molecule has 2 aromatic rings. The first-order valence-electron chi connectivity index (χ1n) is 8.44. The lowest BCUT2D eigenvalue weighted by molar-refractivity contribution is -0.384. The number of nitro benzene ring substituents is 1. The van der Waals surface area contributed by atoms with Crippen molar-refractivity contribution in [3.63, 3.8) is 0 Å². The molecule has 1 saturated heterocycles. The molecular formula is C19H21N3O3. The Morgan fingerprint density at radius 3 is 2.24 bits per heavy atom. The summed E-state index contributed by atoms with van der Waals surface area (Å²) >= 11 is 0. The summed E-state index contributed by atoms with van der Waals surface area (Å²) in [7, 11) is 0. The van der Waals surface area contributed by atoms with Gasteiger partial charge in [-0.3, -0.25) is 14.9 Å². The smallest absolute Gasteiger partial charge is 0.269 e. The summed E-state index contributed by atoms with van der Waals surface area (Å²) in [6.07, 6.45) is 2.41. The van der Waals surface area contributed by atoms with Crippen LogP contribution in [-0.4, -0.2) is 23.9 Å². The minimum Gasteiger partial charge on any atom is -0.372 e. The van der Waals surface area contributed by atoms with Crippen LogP contribution >= 0.6 is 0 Å². The average molecular weight is 339 g/mol. The van der Waals surface area contributed by atoms with Crippen LogP contribution in [0.15, 0.2) is 48.5 Å². The van der Waals surface area contributed by atoms with E-state index in [1.54, 1.807) is 0 Å². The maximum Gasteiger partial charge on any atom is 0.269 e. The molecule has 0 aliphatic carbocycles. The van der Waals surface area contributed by atoms with Crippen molar-refractivity contribution in [2.75, 3.05) is 23.3 Å². The van der Waals surface area contributed by atoms with Crippen LogP contribution in [0.25, 0.3) is 0 Å². The van der Waals surface area contributed by atoms with Gasteiger partial charge in [-0.1, -0.05) is 6.92 Å². The van der Waals surface area contributed by atoms with E-state index in [-0.39, 0.29) is 11.6 Å². The zero-order chi connectivity index (χ0) is 17.8. The number of nitrogens with zero attached hydrogens (tertiary/aromatic N) is 2. The lowest BCUT2D eigenvalue weighted by Gasteiger charge is -2.32. The summed E-state index contributed by atoms with van der Waals surface area (Å²) in [6.45, 7) is 4.42. The van der Waals surface area contributed by atoms with Gasteiger partial charge in [0.25, 0.3) is 11.6 Å². The molecule has 0 unspecified atom stereocenters. The van der Waals surface area contributed by atoms with Gasteiger partial charge >= 0.3 is 0 Å². The third kappa shape index (κ3) is 4.15. The lowest BCUT2D eigenvalue weighted by atomic mass is 9.99. The molecule has 1 amide bonds. The van der Waals surface area contributed by atoms with E-state index in [9.17, 15) is 14.9 Å². The molecule has 1 N–H and O–H groups in total. The molecule has 3 rings (SSSR count). The molecule has 6 nitrogen and oxygen atoms in total. The van der Waals surface area contributed by atoms with Crippen molar-refractivity contribution in [3.05, 3.63) is 64.2 Å². The monoisotopic (exact) mass is 339 g/mol. The fraction of sp³-hybridized carbons (Fsp3) is 0.316. The van der Waals surface area contributed by atoms with E-state index in [1.165, 1.54) is 42.8 Å². The number of anilines is 2.